The Balaban J connectivity index is 3.29. The predicted octanol–water partition coefficient (Wildman–Crippen LogP) is 1.92. The van der Waals surface area contributed by atoms with Gasteiger partial charge in [-0.2, -0.15) is 8.78 Å². The van der Waals surface area contributed by atoms with Crippen molar-refractivity contribution in [3.63, 3.8) is 0 Å². The minimum atomic E-state index is -3.54. The van der Waals surface area contributed by atoms with E-state index in [0.717, 1.165) is 6.07 Å². The average Bonchev–Trinajstić information content (AvgIpc) is 2.29. The Labute approximate surface area is 99.6 Å². The summed E-state index contributed by atoms with van der Waals surface area (Å²) >= 11 is 0. The second kappa shape index (κ2) is 4.70. The lowest BCUT2D eigenvalue weighted by atomic mass is 10.1. The molecule has 0 aliphatic heterocycles. The van der Waals surface area contributed by atoms with E-state index < -0.39 is 27.6 Å². The molecule has 0 spiro atoms. The Morgan fingerprint density at radius 3 is 2.41 bits per heavy atom. The van der Waals surface area contributed by atoms with Crippen LogP contribution in [0, 0.1) is 0 Å². The highest BCUT2D eigenvalue weighted by molar-refractivity contribution is 7.92. The number of nitrogens with two attached hydrogens (primary N) is 1. The highest BCUT2D eigenvalue weighted by Gasteiger charge is 2.31. The van der Waals surface area contributed by atoms with Crippen LogP contribution in [-0.4, -0.2) is 20.2 Å². The number of alkyl halides is 2. The number of hydrogen-bond donors (Lipinski definition) is 1. The Hall–Kier alpha value is -1.01. The van der Waals surface area contributed by atoms with Crippen molar-refractivity contribution in [2.45, 2.75) is 29.9 Å². The normalized spacial score (nSPS) is 13.1. The van der Waals surface area contributed by atoms with Crippen molar-refractivity contribution in [2.75, 3.05) is 6.54 Å². The van der Waals surface area contributed by atoms with Gasteiger partial charge >= 0.3 is 0 Å². The first-order chi connectivity index (χ1) is 7.71. The zero-order chi connectivity index (χ0) is 13.3. The van der Waals surface area contributed by atoms with E-state index in [1.54, 1.807) is 0 Å². The molecule has 0 fully saturated rings. The van der Waals surface area contributed by atoms with Crippen LogP contribution >= 0.6 is 0 Å². The van der Waals surface area contributed by atoms with Gasteiger partial charge in [0.15, 0.2) is 9.84 Å². The molecule has 0 unspecified atom stereocenters. The maximum Gasteiger partial charge on any atom is 0.285 e. The van der Waals surface area contributed by atoms with Gasteiger partial charge in [-0.15, -0.1) is 0 Å². The third-order valence-electron chi connectivity index (χ3n) is 2.46. The summed E-state index contributed by atoms with van der Waals surface area (Å²) in [5, 5.41) is -0.649. The quantitative estimate of drug-likeness (QED) is 0.902. The zero-order valence-corrected chi connectivity index (χ0v) is 10.5. The van der Waals surface area contributed by atoms with Crippen LogP contribution in [0.3, 0.4) is 0 Å². The Bertz CT molecular complexity index is 498. The molecule has 0 aromatic heterocycles. The van der Waals surface area contributed by atoms with Crippen molar-refractivity contribution in [1.29, 1.82) is 0 Å². The van der Waals surface area contributed by atoms with E-state index in [1.807, 2.05) is 0 Å². The van der Waals surface area contributed by atoms with Gasteiger partial charge in [0.05, 0.1) is 16.7 Å². The van der Waals surface area contributed by atoms with Gasteiger partial charge < -0.3 is 5.73 Å². The topological polar surface area (TPSA) is 60.2 Å². The van der Waals surface area contributed by atoms with Crippen LogP contribution in [0.5, 0.6) is 0 Å². The summed E-state index contributed by atoms with van der Waals surface area (Å²) in [5.41, 5.74) is 4.58. The Morgan fingerprint density at radius 1 is 1.35 bits per heavy atom. The maximum atomic E-state index is 13.3. The first kappa shape index (κ1) is 14.1. The molecule has 0 aliphatic carbocycles. The lowest BCUT2D eigenvalue weighted by molar-refractivity contribution is 0.00574. The summed E-state index contributed by atoms with van der Waals surface area (Å²) in [7, 11) is -3.54. The number of hydrogen-bond acceptors (Lipinski definition) is 3. The van der Waals surface area contributed by atoms with Crippen LogP contribution in [0.2, 0.25) is 0 Å². The molecule has 1 aromatic rings. The molecule has 1 rings (SSSR count). The van der Waals surface area contributed by atoms with Crippen LogP contribution < -0.4 is 5.73 Å². The summed E-state index contributed by atoms with van der Waals surface area (Å²) in [6.45, 7) is 2.16. The van der Waals surface area contributed by atoms with Gasteiger partial charge in [0.1, 0.15) is 0 Å². The number of sulfone groups is 1. The van der Waals surface area contributed by atoms with E-state index in [9.17, 15) is 17.2 Å². The van der Waals surface area contributed by atoms with Gasteiger partial charge in [-0.1, -0.05) is 12.1 Å². The summed E-state index contributed by atoms with van der Waals surface area (Å²) in [4.78, 5) is -0.0990. The summed E-state index contributed by atoms with van der Waals surface area (Å²) in [6.07, 6.45) is 0. The molecule has 0 atom stereocenters. The molecule has 0 saturated carbocycles. The Morgan fingerprint density at radius 2 is 1.94 bits per heavy atom. The highest BCUT2D eigenvalue weighted by Crippen LogP contribution is 2.29. The first-order valence-corrected chi connectivity index (χ1v) is 6.69. The molecule has 96 valence electrons. The fraction of sp³-hybridized carbons (Fsp3) is 0.455. The standard InChI is InChI=1S/C11H15F2NO2S/c1-8(2)17(15,16)10-5-3-4-9(6-10)11(12,13)7-14/h3-6,8H,7,14H2,1-2H3. The van der Waals surface area contributed by atoms with Gasteiger partial charge in [0, 0.05) is 5.56 Å². The predicted molar refractivity (Wildman–Crippen MR) is 61.7 cm³/mol. The van der Waals surface area contributed by atoms with Gasteiger partial charge in [-0.25, -0.2) is 8.42 Å². The van der Waals surface area contributed by atoms with Gasteiger partial charge in [0.2, 0.25) is 0 Å². The van der Waals surface area contributed by atoms with Crippen molar-refractivity contribution in [3.05, 3.63) is 29.8 Å². The van der Waals surface area contributed by atoms with E-state index in [0.29, 0.717) is 0 Å². The smallest absolute Gasteiger partial charge is 0.285 e. The molecule has 0 aliphatic rings. The highest BCUT2D eigenvalue weighted by atomic mass is 32.2. The van der Waals surface area contributed by atoms with Crippen LogP contribution in [0.15, 0.2) is 29.2 Å². The van der Waals surface area contributed by atoms with E-state index in [-0.39, 0.29) is 10.5 Å². The van der Waals surface area contributed by atoms with Crippen molar-refractivity contribution in [1.82, 2.24) is 0 Å². The minimum Gasteiger partial charge on any atom is -0.325 e. The fourth-order valence-electron chi connectivity index (χ4n) is 1.29. The lowest BCUT2D eigenvalue weighted by Crippen LogP contribution is -2.25. The maximum absolute atomic E-state index is 13.3. The SMILES string of the molecule is CC(C)S(=O)(=O)c1cccc(C(F)(F)CN)c1. The molecule has 3 nitrogen and oxygen atoms in total. The number of halogens is 2. The first-order valence-electron chi connectivity index (χ1n) is 5.14. The molecular weight excluding hydrogens is 248 g/mol. The van der Waals surface area contributed by atoms with Crippen molar-refractivity contribution in [2.24, 2.45) is 5.73 Å². The van der Waals surface area contributed by atoms with Crippen LogP contribution in [0.4, 0.5) is 8.78 Å². The van der Waals surface area contributed by atoms with Gasteiger partial charge in [-0.3, -0.25) is 0 Å². The number of benzene rings is 1. The molecule has 1 aromatic carbocycles. The molecule has 0 bridgehead atoms. The van der Waals surface area contributed by atoms with E-state index >= 15 is 0 Å². The molecule has 0 amide bonds. The van der Waals surface area contributed by atoms with E-state index in [1.165, 1.54) is 32.0 Å². The molecule has 17 heavy (non-hydrogen) atoms. The number of rotatable bonds is 4. The lowest BCUT2D eigenvalue weighted by Gasteiger charge is -2.16. The van der Waals surface area contributed by atoms with E-state index in [4.69, 9.17) is 5.73 Å². The average molecular weight is 263 g/mol. The van der Waals surface area contributed by atoms with Crippen molar-refractivity contribution in [3.8, 4) is 0 Å². The van der Waals surface area contributed by atoms with Crippen molar-refractivity contribution >= 4 is 9.84 Å². The molecule has 6 heteroatoms. The van der Waals surface area contributed by atoms with Crippen molar-refractivity contribution < 1.29 is 17.2 Å². The molecule has 0 radical (unpaired) electrons. The molecule has 0 saturated heterocycles. The zero-order valence-electron chi connectivity index (χ0n) is 9.65. The second-order valence-corrected chi connectivity index (χ2v) is 6.53. The summed E-state index contributed by atoms with van der Waals surface area (Å²) in [6, 6.07) is 4.77. The summed E-state index contributed by atoms with van der Waals surface area (Å²) in [5.74, 6) is -3.21. The fourth-order valence-corrected chi connectivity index (χ4v) is 2.39. The van der Waals surface area contributed by atoms with Gasteiger partial charge in [-0.05, 0) is 26.0 Å². The Kier molecular flexibility index (Phi) is 3.88. The second-order valence-electron chi connectivity index (χ2n) is 4.03. The molecule has 2 N–H and O–H groups in total. The van der Waals surface area contributed by atoms with Crippen LogP contribution in [0.1, 0.15) is 19.4 Å². The molecular formula is C11H15F2NO2S. The van der Waals surface area contributed by atoms with Crippen LogP contribution in [-0.2, 0) is 15.8 Å². The third kappa shape index (κ3) is 2.81. The van der Waals surface area contributed by atoms with E-state index in [2.05, 4.69) is 0 Å². The van der Waals surface area contributed by atoms with Gasteiger partial charge in [0.25, 0.3) is 5.92 Å². The largest absolute Gasteiger partial charge is 0.325 e. The summed E-state index contributed by atoms with van der Waals surface area (Å²) < 4.78 is 50.3. The monoisotopic (exact) mass is 263 g/mol. The molecule has 0 heterocycles. The minimum absolute atomic E-state index is 0.0990. The van der Waals surface area contributed by atoms with Crippen LogP contribution in [0.25, 0.3) is 0 Å². The third-order valence-corrected chi connectivity index (χ3v) is 4.61.